The molecule has 1 aromatic carbocycles. The summed E-state index contributed by atoms with van der Waals surface area (Å²) in [4.78, 5) is 14.4. The van der Waals surface area contributed by atoms with Gasteiger partial charge in [0.1, 0.15) is 12.4 Å². The zero-order chi connectivity index (χ0) is 9.26. The zero-order valence-electron chi connectivity index (χ0n) is 7.27. The molecule has 4 heteroatoms. The molecule has 0 amide bonds. The molecule has 0 radical (unpaired) electrons. The van der Waals surface area contributed by atoms with Crippen molar-refractivity contribution in [1.82, 2.24) is 9.55 Å². The van der Waals surface area contributed by atoms with E-state index in [0.717, 1.165) is 11.0 Å². The van der Waals surface area contributed by atoms with Crippen LogP contribution in [0.2, 0.25) is 0 Å². The Bertz CT molecular complexity index is 447. The maximum absolute atomic E-state index is 10.1. The van der Waals surface area contributed by atoms with Gasteiger partial charge in [0.2, 0.25) is 0 Å². The molecule has 4 nitrogen and oxygen atoms in total. The normalized spacial score (nSPS) is 10.5. The number of hydrogen-bond acceptors (Lipinski definition) is 3. The Kier molecular flexibility index (Phi) is 1.81. The van der Waals surface area contributed by atoms with E-state index in [2.05, 4.69) is 10.2 Å². The molecule has 0 spiro atoms. The van der Waals surface area contributed by atoms with Crippen molar-refractivity contribution in [3.05, 3.63) is 35.0 Å². The van der Waals surface area contributed by atoms with Crippen molar-refractivity contribution in [3.8, 4) is 0 Å². The SMILES string of the molecule is Cn1c(CN=O)nc2ccccc21. The molecular formula is C9H9N3O. The summed E-state index contributed by atoms with van der Waals surface area (Å²) in [5.41, 5.74) is 1.94. The van der Waals surface area contributed by atoms with Crippen LogP contribution in [0, 0.1) is 4.91 Å². The Morgan fingerprint density at radius 2 is 2.23 bits per heavy atom. The van der Waals surface area contributed by atoms with Gasteiger partial charge in [-0.3, -0.25) is 0 Å². The van der Waals surface area contributed by atoms with E-state index in [0.29, 0.717) is 5.82 Å². The minimum atomic E-state index is 0.130. The quantitative estimate of drug-likeness (QED) is 0.654. The summed E-state index contributed by atoms with van der Waals surface area (Å²) in [5, 5.41) is 2.83. The molecule has 0 saturated carbocycles. The van der Waals surface area contributed by atoms with Gasteiger partial charge in [0.05, 0.1) is 11.0 Å². The molecule has 0 fully saturated rings. The highest BCUT2D eigenvalue weighted by Crippen LogP contribution is 2.14. The first-order valence-electron chi connectivity index (χ1n) is 4.02. The van der Waals surface area contributed by atoms with Crippen molar-refractivity contribution in [2.24, 2.45) is 12.2 Å². The third-order valence-corrected chi connectivity index (χ3v) is 2.09. The summed E-state index contributed by atoms with van der Waals surface area (Å²) >= 11 is 0. The standard InChI is InChI=1S/C9H9N3O/c1-12-8-5-3-2-4-7(8)11-9(12)6-10-13/h2-5H,6H2,1H3. The molecule has 0 saturated heterocycles. The highest BCUT2D eigenvalue weighted by molar-refractivity contribution is 5.75. The van der Waals surface area contributed by atoms with Gasteiger partial charge in [-0.25, -0.2) is 4.98 Å². The minimum absolute atomic E-state index is 0.130. The molecule has 0 aliphatic rings. The number of para-hydroxylation sites is 2. The van der Waals surface area contributed by atoms with Crippen molar-refractivity contribution in [2.75, 3.05) is 0 Å². The summed E-state index contributed by atoms with van der Waals surface area (Å²) < 4.78 is 1.89. The lowest BCUT2D eigenvalue weighted by Gasteiger charge is -1.95. The molecule has 2 rings (SSSR count). The van der Waals surface area contributed by atoms with Crippen molar-refractivity contribution >= 4 is 11.0 Å². The molecule has 0 bridgehead atoms. The fraction of sp³-hybridized carbons (Fsp3) is 0.222. The van der Waals surface area contributed by atoms with E-state index in [-0.39, 0.29) is 6.54 Å². The minimum Gasteiger partial charge on any atom is -0.329 e. The second-order valence-corrected chi connectivity index (χ2v) is 2.86. The Hall–Kier alpha value is -1.71. The van der Waals surface area contributed by atoms with Gasteiger partial charge >= 0.3 is 0 Å². The molecule has 0 aliphatic heterocycles. The molecule has 0 N–H and O–H groups in total. The van der Waals surface area contributed by atoms with E-state index in [1.807, 2.05) is 35.9 Å². The van der Waals surface area contributed by atoms with Gasteiger partial charge < -0.3 is 4.57 Å². The van der Waals surface area contributed by atoms with Crippen LogP contribution in [0.5, 0.6) is 0 Å². The van der Waals surface area contributed by atoms with Gasteiger partial charge in [-0.05, 0) is 12.1 Å². The highest BCUT2D eigenvalue weighted by Gasteiger charge is 2.05. The van der Waals surface area contributed by atoms with Crippen LogP contribution < -0.4 is 0 Å². The molecular weight excluding hydrogens is 166 g/mol. The van der Waals surface area contributed by atoms with Crippen molar-refractivity contribution in [1.29, 1.82) is 0 Å². The van der Waals surface area contributed by atoms with E-state index in [1.165, 1.54) is 0 Å². The van der Waals surface area contributed by atoms with Crippen LogP contribution >= 0.6 is 0 Å². The van der Waals surface area contributed by atoms with E-state index >= 15 is 0 Å². The van der Waals surface area contributed by atoms with Crippen molar-refractivity contribution in [2.45, 2.75) is 6.54 Å². The van der Waals surface area contributed by atoms with Gasteiger partial charge in [0, 0.05) is 7.05 Å². The van der Waals surface area contributed by atoms with Crippen LogP contribution in [0.25, 0.3) is 11.0 Å². The molecule has 1 aromatic heterocycles. The number of rotatable bonds is 2. The van der Waals surface area contributed by atoms with Gasteiger partial charge in [-0.2, -0.15) is 4.91 Å². The summed E-state index contributed by atoms with van der Waals surface area (Å²) in [7, 11) is 1.88. The first-order chi connectivity index (χ1) is 6.33. The van der Waals surface area contributed by atoms with Crippen LogP contribution in [0.4, 0.5) is 0 Å². The Morgan fingerprint density at radius 1 is 1.46 bits per heavy atom. The number of nitroso groups, excluding NO2 is 1. The van der Waals surface area contributed by atoms with Gasteiger partial charge in [-0.15, -0.1) is 0 Å². The summed E-state index contributed by atoms with van der Waals surface area (Å²) in [5.74, 6) is 0.705. The number of aryl methyl sites for hydroxylation is 1. The largest absolute Gasteiger partial charge is 0.329 e. The van der Waals surface area contributed by atoms with E-state index in [9.17, 15) is 4.91 Å². The maximum atomic E-state index is 10.1. The molecule has 13 heavy (non-hydrogen) atoms. The Balaban J connectivity index is 2.66. The van der Waals surface area contributed by atoms with Crippen LogP contribution in [0.15, 0.2) is 29.4 Å². The fourth-order valence-electron chi connectivity index (χ4n) is 1.39. The number of nitrogens with zero attached hydrogens (tertiary/aromatic N) is 3. The lowest BCUT2D eigenvalue weighted by atomic mass is 10.3. The monoisotopic (exact) mass is 175 g/mol. The molecule has 1 heterocycles. The van der Waals surface area contributed by atoms with Crippen LogP contribution in [0.1, 0.15) is 5.82 Å². The average Bonchev–Trinajstić information content (AvgIpc) is 2.46. The first-order valence-corrected chi connectivity index (χ1v) is 4.02. The Labute approximate surface area is 75.2 Å². The summed E-state index contributed by atoms with van der Waals surface area (Å²) in [6, 6.07) is 7.76. The fourth-order valence-corrected chi connectivity index (χ4v) is 1.39. The summed E-state index contributed by atoms with van der Waals surface area (Å²) in [6.45, 7) is 0.130. The van der Waals surface area contributed by atoms with Crippen LogP contribution in [0.3, 0.4) is 0 Å². The number of fused-ring (bicyclic) bond motifs is 1. The molecule has 0 atom stereocenters. The molecule has 0 aliphatic carbocycles. The number of imidazole rings is 1. The third-order valence-electron chi connectivity index (χ3n) is 2.09. The van der Waals surface area contributed by atoms with E-state index in [1.54, 1.807) is 0 Å². The number of hydrogen-bond donors (Lipinski definition) is 0. The first kappa shape index (κ1) is 7.91. The number of aromatic nitrogens is 2. The molecule has 66 valence electrons. The predicted molar refractivity (Wildman–Crippen MR) is 50.2 cm³/mol. The molecule has 0 unspecified atom stereocenters. The lowest BCUT2D eigenvalue weighted by molar-refractivity contribution is 0.810. The third kappa shape index (κ3) is 1.20. The predicted octanol–water partition coefficient (Wildman–Crippen LogP) is 1.84. The van der Waals surface area contributed by atoms with Gasteiger partial charge in [0.25, 0.3) is 0 Å². The Morgan fingerprint density at radius 3 is 2.92 bits per heavy atom. The van der Waals surface area contributed by atoms with Crippen LogP contribution in [-0.2, 0) is 13.6 Å². The lowest BCUT2D eigenvalue weighted by Crippen LogP contribution is -1.95. The topological polar surface area (TPSA) is 47.2 Å². The van der Waals surface area contributed by atoms with Crippen LogP contribution in [-0.4, -0.2) is 9.55 Å². The summed E-state index contributed by atoms with van der Waals surface area (Å²) in [6.07, 6.45) is 0. The highest BCUT2D eigenvalue weighted by atomic mass is 16.3. The second kappa shape index (κ2) is 2.97. The van der Waals surface area contributed by atoms with Crippen molar-refractivity contribution < 1.29 is 0 Å². The van der Waals surface area contributed by atoms with E-state index in [4.69, 9.17) is 0 Å². The average molecular weight is 175 g/mol. The maximum Gasteiger partial charge on any atom is 0.139 e. The molecule has 2 aromatic rings. The van der Waals surface area contributed by atoms with Gasteiger partial charge in [-0.1, -0.05) is 17.3 Å². The van der Waals surface area contributed by atoms with Crippen molar-refractivity contribution in [3.63, 3.8) is 0 Å². The van der Waals surface area contributed by atoms with E-state index < -0.39 is 0 Å². The number of benzene rings is 1. The second-order valence-electron chi connectivity index (χ2n) is 2.86. The van der Waals surface area contributed by atoms with Gasteiger partial charge in [0.15, 0.2) is 0 Å². The zero-order valence-corrected chi connectivity index (χ0v) is 7.27. The smallest absolute Gasteiger partial charge is 0.139 e.